The number of hydrogen-bond donors (Lipinski definition) is 0. The maximum absolute atomic E-state index is 13.6. The van der Waals surface area contributed by atoms with Crippen LogP contribution in [0.3, 0.4) is 0 Å². The van der Waals surface area contributed by atoms with Crippen LogP contribution >= 0.6 is 0 Å². The van der Waals surface area contributed by atoms with Crippen molar-refractivity contribution in [3.05, 3.63) is 30.1 Å². The fourth-order valence-corrected chi connectivity index (χ4v) is 3.23. The molecule has 3 rings (SSSR count). The zero-order valence-electron chi connectivity index (χ0n) is 14.4. The van der Waals surface area contributed by atoms with Gasteiger partial charge in [0.2, 0.25) is 0 Å². The van der Waals surface area contributed by atoms with Gasteiger partial charge in [0.25, 0.3) is 0 Å². The summed E-state index contributed by atoms with van der Waals surface area (Å²) in [4.78, 5) is 19.9. The Kier molecular flexibility index (Phi) is 5.17. The third-order valence-corrected chi connectivity index (χ3v) is 4.58. The summed E-state index contributed by atoms with van der Waals surface area (Å²) in [5.74, 6) is 0.348. The molecule has 8 heteroatoms. The number of carbonyl (C=O) groups excluding carboxylic acids is 1. The lowest BCUT2D eigenvalue weighted by Gasteiger charge is -2.37. The zero-order chi connectivity index (χ0) is 18.0. The lowest BCUT2D eigenvalue weighted by atomic mass is 10.2. The maximum Gasteiger partial charge on any atom is 0.409 e. The molecule has 6 nitrogen and oxygen atoms in total. The lowest BCUT2D eigenvalue weighted by molar-refractivity contribution is 0.0517. The Bertz CT molecular complexity index is 741. The molecule has 2 aromatic rings. The highest BCUT2D eigenvalue weighted by atomic mass is 19.3. The van der Waals surface area contributed by atoms with Gasteiger partial charge in [-0.2, -0.15) is 8.78 Å². The van der Waals surface area contributed by atoms with Crippen LogP contribution in [0, 0.1) is 0 Å². The first-order valence-corrected chi connectivity index (χ1v) is 8.43. The number of aromatic nitrogens is 2. The maximum atomic E-state index is 13.6. The van der Waals surface area contributed by atoms with Crippen LogP contribution in [0.1, 0.15) is 32.3 Å². The predicted molar refractivity (Wildman–Crippen MR) is 89.6 cm³/mol. The van der Waals surface area contributed by atoms with Gasteiger partial charge in [-0.15, -0.1) is 0 Å². The van der Waals surface area contributed by atoms with Gasteiger partial charge in [0.05, 0.1) is 23.7 Å². The van der Waals surface area contributed by atoms with E-state index in [0.717, 1.165) is 4.57 Å². The summed E-state index contributed by atoms with van der Waals surface area (Å²) in [5, 5.41) is 0. The Morgan fingerprint density at radius 3 is 2.56 bits per heavy atom. The zero-order valence-corrected chi connectivity index (χ0v) is 14.4. The molecule has 1 aromatic heterocycles. The van der Waals surface area contributed by atoms with Crippen LogP contribution in [0.2, 0.25) is 0 Å². The van der Waals surface area contributed by atoms with Crippen molar-refractivity contribution in [3.8, 4) is 0 Å². The van der Waals surface area contributed by atoms with Crippen LogP contribution in [0.5, 0.6) is 0 Å². The summed E-state index contributed by atoms with van der Waals surface area (Å²) in [6, 6.07) is 6.64. The number of para-hydroxylation sites is 2. The number of piperazine rings is 1. The minimum Gasteiger partial charge on any atom is -0.450 e. The monoisotopic (exact) mass is 352 g/mol. The summed E-state index contributed by atoms with van der Waals surface area (Å²) < 4.78 is 33.2. The van der Waals surface area contributed by atoms with Crippen LogP contribution < -0.4 is 0 Å². The molecule has 0 spiro atoms. The average Bonchev–Trinajstić information content (AvgIpc) is 3.01. The summed E-state index contributed by atoms with van der Waals surface area (Å²) in [6.45, 7) is 3.54. The van der Waals surface area contributed by atoms with Crippen LogP contribution in [0.25, 0.3) is 11.0 Å². The van der Waals surface area contributed by atoms with Crippen molar-refractivity contribution in [2.75, 3.05) is 32.8 Å². The molecule has 2 heterocycles. The fourth-order valence-electron chi connectivity index (χ4n) is 3.23. The summed E-state index contributed by atoms with van der Waals surface area (Å²) in [7, 11) is 0. The number of nitrogens with zero attached hydrogens (tertiary/aromatic N) is 4. The van der Waals surface area contributed by atoms with E-state index in [1.54, 1.807) is 36.1 Å². The predicted octanol–water partition coefficient (Wildman–Crippen LogP) is 3.27. The minimum atomic E-state index is -2.65. The largest absolute Gasteiger partial charge is 0.450 e. The van der Waals surface area contributed by atoms with Crippen molar-refractivity contribution in [1.29, 1.82) is 0 Å². The number of benzene rings is 1. The highest BCUT2D eigenvalue weighted by Gasteiger charge is 2.29. The number of alkyl halides is 2. The quantitative estimate of drug-likeness (QED) is 0.847. The van der Waals surface area contributed by atoms with Crippen LogP contribution in [-0.4, -0.2) is 58.2 Å². The second kappa shape index (κ2) is 7.35. The molecule has 1 amide bonds. The summed E-state index contributed by atoms with van der Waals surface area (Å²) in [6.07, 6.45) is -0.324. The van der Waals surface area contributed by atoms with Crippen molar-refractivity contribution in [2.24, 2.45) is 0 Å². The lowest BCUT2D eigenvalue weighted by Crippen LogP contribution is -2.49. The van der Waals surface area contributed by atoms with E-state index in [4.69, 9.17) is 4.74 Å². The summed E-state index contributed by atoms with van der Waals surface area (Å²) in [5.41, 5.74) is 0.999. The van der Waals surface area contributed by atoms with Gasteiger partial charge >= 0.3 is 12.6 Å². The van der Waals surface area contributed by atoms with E-state index in [1.165, 1.54) is 0 Å². The molecule has 1 saturated heterocycles. The fraction of sp³-hybridized carbons (Fsp3) is 0.529. The van der Waals surface area contributed by atoms with E-state index in [9.17, 15) is 13.6 Å². The van der Waals surface area contributed by atoms with Gasteiger partial charge in [0.1, 0.15) is 5.82 Å². The molecule has 0 unspecified atom stereocenters. The molecule has 1 aliphatic rings. The third-order valence-electron chi connectivity index (χ3n) is 4.58. The number of carbonyl (C=O) groups is 1. The standard InChI is InChI=1S/C17H22F2N4O2/c1-3-25-17(24)22-10-8-21(9-11-22)12(2)15-20-13-6-4-5-7-14(13)23(15)16(18)19/h4-7,12,16H,3,8-11H2,1-2H3/t12-/m0/s1. The number of amides is 1. The second-order valence-corrected chi connectivity index (χ2v) is 6.00. The molecule has 1 atom stereocenters. The van der Waals surface area contributed by atoms with Crippen LogP contribution in [0.4, 0.5) is 13.6 Å². The van der Waals surface area contributed by atoms with Gasteiger partial charge < -0.3 is 9.64 Å². The van der Waals surface area contributed by atoms with Crippen LogP contribution in [-0.2, 0) is 4.74 Å². The van der Waals surface area contributed by atoms with Crippen molar-refractivity contribution in [1.82, 2.24) is 19.4 Å². The molecule has 0 bridgehead atoms. The SMILES string of the molecule is CCOC(=O)N1CCN([C@@H](C)c2nc3ccccc3n2C(F)F)CC1. The molecular weight excluding hydrogens is 330 g/mol. The van der Waals surface area contributed by atoms with Gasteiger partial charge in [0, 0.05) is 26.2 Å². The van der Waals surface area contributed by atoms with Crippen molar-refractivity contribution in [3.63, 3.8) is 0 Å². The van der Waals surface area contributed by atoms with Crippen molar-refractivity contribution >= 4 is 17.1 Å². The van der Waals surface area contributed by atoms with Crippen molar-refractivity contribution < 1.29 is 18.3 Å². The number of fused-ring (bicyclic) bond motifs is 1. The van der Waals surface area contributed by atoms with E-state index >= 15 is 0 Å². The Balaban J connectivity index is 1.78. The van der Waals surface area contributed by atoms with Crippen molar-refractivity contribution in [2.45, 2.75) is 26.4 Å². The number of halogens is 2. The Labute approximate surface area is 145 Å². The first-order chi connectivity index (χ1) is 12.0. The van der Waals surface area contributed by atoms with Gasteiger partial charge in [-0.25, -0.2) is 9.78 Å². The Morgan fingerprint density at radius 2 is 1.92 bits per heavy atom. The van der Waals surface area contributed by atoms with E-state index in [2.05, 4.69) is 9.88 Å². The van der Waals surface area contributed by atoms with Gasteiger partial charge in [-0.05, 0) is 26.0 Å². The van der Waals surface area contributed by atoms with Gasteiger partial charge in [-0.3, -0.25) is 9.47 Å². The topological polar surface area (TPSA) is 50.6 Å². The number of ether oxygens (including phenoxy) is 1. The third kappa shape index (κ3) is 3.44. The summed E-state index contributed by atoms with van der Waals surface area (Å²) >= 11 is 0. The first kappa shape index (κ1) is 17.6. The average molecular weight is 352 g/mol. The van der Waals surface area contributed by atoms with E-state index in [0.29, 0.717) is 49.6 Å². The Morgan fingerprint density at radius 1 is 1.24 bits per heavy atom. The molecule has 0 saturated carbocycles. The molecule has 1 aromatic carbocycles. The molecule has 25 heavy (non-hydrogen) atoms. The molecule has 136 valence electrons. The molecule has 0 aliphatic carbocycles. The number of hydrogen-bond acceptors (Lipinski definition) is 4. The molecule has 0 radical (unpaired) electrons. The molecular formula is C17H22F2N4O2. The highest BCUT2D eigenvalue weighted by Crippen LogP contribution is 2.29. The first-order valence-electron chi connectivity index (χ1n) is 8.43. The second-order valence-electron chi connectivity index (χ2n) is 6.00. The minimum absolute atomic E-state index is 0.272. The van der Waals surface area contributed by atoms with E-state index in [-0.39, 0.29) is 12.1 Å². The smallest absolute Gasteiger partial charge is 0.409 e. The number of rotatable bonds is 4. The van der Waals surface area contributed by atoms with E-state index in [1.807, 2.05) is 6.92 Å². The molecule has 1 fully saturated rings. The number of imidazole rings is 1. The van der Waals surface area contributed by atoms with Crippen LogP contribution in [0.15, 0.2) is 24.3 Å². The van der Waals surface area contributed by atoms with Gasteiger partial charge in [0.15, 0.2) is 0 Å². The molecule has 0 N–H and O–H groups in total. The van der Waals surface area contributed by atoms with E-state index < -0.39 is 6.55 Å². The highest BCUT2D eigenvalue weighted by molar-refractivity contribution is 5.76. The molecule has 1 aliphatic heterocycles. The Hall–Kier alpha value is -2.22. The van der Waals surface area contributed by atoms with Gasteiger partial charge in [-0.1, -0.05) is 12.1 Å². The normalized spacial score (nSPS) is 17.2.